The van der Waals surface area contributed by atoms with Gasteiger partial charge >= 0.3 is 6.09 Å². The summed E-state index contributed by atoms with van der Waals surface area (Å²) >= 11 is 1.67. The van der Waals surface area contributed by atoms with Crippen molar-refractivity contribution < 1.29 is 24.5 Å². The van der Waals surface area contributed by atoms with Crippen molar-refractivity contribution in [3.8, 4) is 21.9 Å². The zero-order valence-electron chi connectivity index (χ0n) is 32.0. The van der Waals surface area contributed by atoms with Gasteiger partial charge in [-0.25, -0.2) is 4.79 Å². The Balaban J connectivity index is 0.864. The maximum atomic E-state index is 14.0. The third kappa shape index (κ3) is 10.4. The second kappa shape index (κ2) is 19.5. The van der Waals surface area contributed by atoms with E-state index in [1.165, 1.54) is 12.1 Å². The number of phenols is 1. The summed E-state index contributed by atoms with van der Waals surface area (Å²) in [6.45, 7) is 5.22. The number of carbonyl (C=O) groups is 1. The molecule has 0 saturated carbocycles. The van der Waals surface area contributed by atoms with Gasteiger partial charge in [0.25, 0.3) is 0 Å². The average molecular weight is 779 g/mol. The quantitative estimate of drug-likeness (QED) is 0.0614. The molecule has 296 valence electrons. The number of rotatable bonds is 19. The van der Waals surface area contributed by atoms with E-state index in [2.05, 4.69) is 38.8 Å². The van der Waals surface area contributed by atoms with E-state index in [1.54, 1.807) is 28.4 Å². The number of hydrogen-bond acceptors (Lipinski definition) is 9. The SMILES string of the molecule is O=C(O[C@H]1CN2CCC1CC2)N(Cc1ccccc1)c1cc(OCCCCCCCCCNC[C@H](O)c2ccc(O)c3[nH]c(=O)ccc23)cc(-c2cccs2)c1. The number of ether oxygens (including phenoxy) is 2. The number of carbonyl (C=O) groups excluding carboxylic acids is 1. The number of aromatic nitrogens is 1. The van der Waals surface area contributed by atoms with E-state index in [-0.39, 0.29) is 23.5 Å². The highest BCUT2D eigenvalue weighted by Crippen LogP contribution is 2.36. The van der Waals surface area contributed by atoms with Gasteiger partial charge in [0.15, 0.2) is 0 Å². The first-order valence-electron chi connectivity index (χ1n) is 20.2. The number of pyridine rings is 1. The number of hydrogen-bond donors (Lipinski definition) is 4. The number of unbranched alkanes of at least 4 members (excludes halogenated alkanes) is 6. The number of nitrogens with zero attached hydrogens (tertiary/aromatic N) is 2. The molecule has 2 atom stereocenters. The molecule has 1 amide bonds. The molecule has 56 heavy (non-hydrogen) atoms. The summed E-state index contributed by atoms with van der Waals surface area (Å²) in [6.07, 6.45) is 8.66. The molecule has 11 heteroatoms. The second-order valence-corrected chi connectivity index (χ2v) is 16.1. The highest BCUT2D eigenvalue weighted by Gasteiger charge is 2.37. The molecule has 0 radical (unpaired) electrons. The molecule has 5 aromatic rings. The topological polar surface area (TPSA) is 127 Å². The molecule has 0 spiro atoms. The minimum Gasteiger partial charge on any atom is -0.506 e. The third-order valence-electron chi connectivity index (χ3n) is 11.1. The van der Waals surface area contributed by atoms with Crippen molar-refractivity contribution in [3.63, 3.8) is 0 Å². The molecule has 3 aliphatic heterocycles. The molecule has 2 aromatic heterocycles. The molecule has 0 aliphatic carbocycles. The van der Waals surface area contributed by atoms with Gasteiger partial charge in [0.1, 0.15) is 17.6 Å². The average Bonchev–Trinajstić information content (AvgIpc) is 3.77. The van der Waals surface area contributed by atoms with Crippen LogP contribution in [0.25, 0.3) is 21.3 Å². The number of benzene rings is 3. The van der Waals surface area contributed by atoms with E-state index in [0.717, 1.165) is 111 Å². The first kappa shape index (κ1) is 39.6. The highest BCUT2D eigenvalue weighted by atomic mass is 32.1. The lowest BCUT2D eigenvalue weighted by molar-refractivity contribution is -0.0311. The van der Waals surface area contributed by atoms with Crippen LogP contribution < -0.4 is 20.5 Å². The molecule has 4 N–H and O–H groups in total. The second-order valence-electron chi connectivity index (χ2n) is 15.2. The lowest BCUT2D eigenvalue weighted by Crippen LogP contribution is -2.53. The van der Waals surface area contributed by atoms with Crippen molar-refractivity contribution in [2.45, 2.75) is 76.5 Å². The zero-order chi connectivity index (χ0) is 38.7. The predicted octanol–water partition coefficient (Wildman–Crippen LogP) is 8.63. The van der Waals surface area contributed by atoms with E-state index in [1.807, 2.05) is 42.5 Å². The van der Waals surface area contributed by atoms with Gasteiger partial charge in [-0.2, -0.15) is 0 Å². The lowest BCUT2D eigenvalue weighted by Gasteiger charge is -2.44. The molecular weight excluding hydrogens is 725 g/mol. The van der Waals surface area contributed by atoms with Gasteiger partial charge in [-0.15, -0.1) is 11.3 Å². The Morgan fingerprint density at radius 3 is 2.46 bits per heavy atom. The summed E-state index contributed by atoms with van der Waals surface area (Å²) in [5.74, 6) is 1.17. The maximum Gasteiger partial charge on any atom is 0.414 e. The fourth-order valence-corrected chi connectivity index (χ4v) is 8.71. The summed E-state index contributed by atoms with van der Waals surface area (Å²) in [5.41, 5.74) is 3.56. The normalized spacial score (nSPS) is 18.2. The van der Waals surface area contributed by atoms with Crippen molar-refractivity contribution in [2.75, 3.05) is 44.2 Å². The Morgan fingerprint density at radius 1 is 0.929 bits per heavy atom. The zero-order valence-corrected chi connectivity index (χ0v) is 32.9. The number of aliphatic hydroxyl groups excluding tert-OH is 1. The Kier molecular flexibility index (Phi) is 13.7. The number of aliphatic hydroxyl groups is 1. The van der Waals surface area contributed by atoms with Crippen molar-refractivity contribution in [3.05, 3.63) is 112 Å². The van der Waals surface area contributed by atoms with E-state index >= 15 is 0 Å². The standard InChI is InChI=1S/C45H54N4O6S/c50-39-17-15-37(38-16-18-43(52)47-44(38)39)40(51)29-46-21-9-4-2-1-3-5-10-24-54-36-27-34(42-14-11-25-56-42)26-35(28-36)49(30-32-12-7-6-8-13-32)45(53)55-41-31-48-22-19-33(41)20-23-48/h6-8,11-18,25-28,33,40-41,46,50-51H,1-5,9-10,19-24,29-31H2,(H,47,52)/t40-,41-/m0/s1. The van der Waals surface area contributed by atoms with Crippen LogP contribution in [0.4, 0.5) is 10.5 Å². The van der Waals surface area contributed by atoms with Gasteiger partial charge in [0.05, 0.1) is 30.5 Å². The fraction of sp³-hybridized carbons (Fsp3) is 0.422. The number of thiophene rings is 1. The van der Waals surface area contributed by atoms with Crippen LogP contribution in [-0.2, 0) is 11.3 Å². The summed E-state index contributed by atoms with van der Waals surface area (Å²) in [5, 5.41) is 26.9. The first-order valence-corrected chi connectivity index (χ1v) is 21.1. The van der Waals surface area contributed by atoms with Gasteiger partial charge in [-0.3, -0.25) is 14.6 Å². The molecule has 10 nitrogen and oxygen atoms in total. The third-order valence-corrected chi connectivity index (χ3v) is 12.0. The van der Waals surface area contributed by atoms with Crippen molar-refractivity contribution in [1.82, 2.24) is 15.2 Å². The number of nitrogens with one attached hydrogen (secondary N) is 2. The summed E-state index contributed by atoms with van der Waals surface area (Å²) < 4.78 is 12.7. The van der Waals surface area contributed by atoms with Crippen molar-refractivity contribution in [1.29, 1.82) is 0 Å². The number of aromatic amines is 1. The van der Waals surface area contributed by atoms with Crippen molar-refractivity contribution >= 4 is 34.0 Å². The minimum absolute atomic E-state index is 0.0105. The van der Waals surface area contributed by atoms with Crippen LogP contribution in [-0.4, -0.2) is 71.6 Å². The summed E-state index contributed by atoms with van der Waals surface area (Å²) in [6, 6.07) is 26.6. The number of fused-ring (bicyclic) bond motifs is 4. The number of anilines is 1. The van der Waals surface area contributed by atoms with E-state index in [4.69, 9.17) is 9.47 Å². The molecule has 3 aromatic carbocycles. The van der Waals surface area contributed by atoms with Crippen LogP contribution >= 0.6 is 11.3 Å². The molecule has 3 aliphatic rings. The number of phenolic OH excluding ortho intramolecular Hbond substituents is 1. The van der Waals surface area contributed by atoms with E-state index in [0.29, 0.717) is 42.1 Å². The van der Waals surface area contributed by atoms with Crippen molar-refractivity contribution in [2.24, 2.45) is 5.92 Å². The molecule has 3 fully saturated rings. The molecule has 8 rings (SSSR count). The largest absolute Gasteiger partial charge is 0.506 e. The number of piperidine rings is 3. The summed E-state index contributed by atoms with van der Waals surface area (Å²) in [4.78, 5) is 33.7. The first-order chi connectivity index (χ1) is 27.4. The Hall–Kier alpha value is -4.68. The molecule has 2 bridgehead atoms. The fourth-order valence-electron chi connectivity index (χ4n) is 8.00. The Labute approximate surface area is 333 Å². The highest BCUT2D eigenvalue weighted by molar-refractivity contribution is 7.13. The Morgan fingerprint density at radius 2 is 1.71 bits per heavy atom. The minimum atomic E-state index is -0.750. The van der Waals surface area contributed by atoms with E-state index < -0.39 is 6.10 Å². The van der Waals surface area contributed by atoms with Gasteiger partial charge in [-0.1, -0.05) is 74.6 Å². The maximum absolute atomic E-state index is 14.0. The smallest absolute Gasteiger partial charge is 0.414 e. The van der Waals surface area contributed by atoms with Gasteiger partial charge in [0.2, 0.25) is 5.56 Å². The monoisotopic (exact) mass is 778 g/mol. The Bertz CT molecular complexity index is 2060. The lowest BCUT2D eigenvalue weighted by atomic mass is 9.86. The van der Waals surface area contributed by atoms with Crippen LogP contribution in [0.15, 0.2) is 95.1 Å². The number of aromatic hydroxyl groups is 1. The number of H-pyrrole nitrogens is 1. The summed E-state index contributed by atoms with van der Waals surface area (Å²) in [7, 11) is 0. The predicted molar refractivity (Wildman–Crippen MR) is 224 cm³/mol. The molecular formula is C45H54N4O6S. The van der Waals surface area contributed by atoms with Crippen LogP contribution in [0.1, 0.15) is 75.0 Å². The van der Waals surface area contributed by atoms with Crippen LogP contribution in [0.2, 0.25) is 0 Å². The number of amides is 1. The van der Waals surface area contributed by atoms with Crippen LogP contribution in [0, 0.1) is 5.92 Å². The van der Waals surface area contributed by atoms with Gasteiger partial charge in [0, 0.05) is 35.5 Å². The van der Waals surface area contributed by atoms with E-state index in [9.17, 15) is 19.8 Å². The van der Waals surface area contributed by atoms with Gasteiger partial charge in [-0.05, 0) is 104 Å². The van der Waals surface area contributed by atoms with Gasteiger partial charge < -0.3 is 30.0 Å². The molecule has 3 saturated heterocycles. The molecule has 0 unspecified atom stereocenters. The van der Waals surface area contributed by atoms with Crippen LogP contribution in [0.3, 0.4) is 0 Å². The molecule has 5 heterocycles. The van der Waals surface area contributed by atoms with Crippen LogP contribution in [0.5, 0.6) is 11.5 Å².